The maximum Gasteiger partial charge on any atom is 0.322 e. The van der Waals surface area contributed by atoms with Crippen molar-refractivity contribution in [3.63, 3.8) is 0 Å². The maximum atomic E-state index is 12.6. The molecule has 1 atom stereocenters. The highest BCUT2D eigenvalue weighted by atomic mass is 32.1. The van der Waals surface area contributed by atoms with Gasteiger partial charge in [0.1, 0.15) is 5.76 Å². The molecule has 1 unspecified atom stereocenters. The number of furan rings is 1. The van der Waals surface area contributed by atoms with Gasteiger partial charge >= 0.3 is 6.03 Å². The van der Waals surface area contributed by atoms with Crippen molar-refractivity contribution >= 4 is 33.3 Å². The zero-order valence-electron chi connectivity index (χ0n) is 11.9. The number of fused-ring (bicyclic) bond motifs is 1. The van der Waals surface area contributed by atoms with Gasteiger partial charge in [-0.1, -0.05) is 0 Å². The summed E-state index contributed by atoms with van der Waals surface area (Å²) in [5, 5.41) is 2.98. The molecule has 22 heavy (non-hydrogen) atoms. The number of hydrogen-bond donors (Lipinski definition) is 1. The van der Waals surface area contributed by atoms with Gasteiger partial charge in [-0.25, -0.2) is 9.78 Å². The summed E-state index contributed by atoms with van der Waals surface area (Å²) in [4.78, 5) is 18.6. The molecule has 4 rings (SSSR count). The third-order valence-electron chi connectivity index (χ3n) is 3.97. The molecule has 6 heteroatoms. The van der Waals surface area contributed by atoms with Crippen LogP contribution in [0.3, 0.4) is 0 Å². The Kier molecular flexibility index (Phi) is 3.31. The number of carbonyl (C=O) groups excluding carboxylic acids is 1. The van der Waals surface area contributed by atoms with Crippen LogP contribution in [0, 0.1) is 0 Å². The predicted molar refractivity (Wildman–Crippen MR) is 86.0 cm³/mol. The van der Waals surface area contributed by atoms with Crippen LogP contribution in [-0.4, -0.2) is 22.5 Å². The first-order valence-electron chi connectivity index (χ1n) is 7.25. The molecule has 1 fully saturated rings. The summed E-state index contributed by atoms with van der Waals surface area (Å²) in [6.07, 6.45) is 3.59. The number of hydrogen-bond acceptors (Lipinski definition) is 4. The fourth-order valence-corrected chi connectivity index (χ4v) is 3.63. The van der Waals surface area contributed by atoms with Gasteiger partial charge in [-0.3, -0.25) is 0 Å². The Labute approximate surface area is 131 Å². The standard InChI is InChI=1S/C16H15N3O2S/c20-16(18-11-5-6-12-15(9-11)22-10-17-12)19-7-1-3-13(19)14-4-2-8-21-14/h2,4-6,8-10,13H,1,3,7H2,(H,18,20). The fourth-order valence-electron chi connectivity index (χ4n) is 2.91. The van der Waals surface area contributed by atoms with Gasteiger partial charge in [-0.05, 0) is 43.2 Å². The first-order valence-corrected chi connectivity index (χ1v) is 8.13. The number of anilines is 1. The second-order valence-corrected chi connectivity index (χ2v) is 6.22. The van der Waals surface area contributed by atoms with Gasteiger partial charge in [0.2, 0.25) is 0 Å². The molecule has 5 nitrogen and oxygen atoms in total. The summed E-state index contributed by atoms with van der Waals surface area (Å²) < 4.78 is 6.54. The SMILES string of the molecule is O=C(Nc1ccc2ncsc2c1)N1CCCC1c1ccco1. The highest BCUT2D eigenvalue weighted by molar-refractivity contribution is 7.16. The lowest BCUT2D eigenvalue weighted by molar-refractivity contribution is 0.200. The molecule has 2 aromatic heterocycles. The van der Waals surface area contributed by atoms with Crippen LogP contribution in [0.4, 0.5) is 10.5 Å². The molecule has 1 saturated heterocycles. The molecule has 0 bridgehead atoms. The molecule has 0 saturated carbocycles. The Balaban J connectivity index is 1.53. The van der Waals surface area contributed by atoms with Crippen LogP contribution in [0.5, 0.6) is 0 Å². The third kappa shape index (κ3) is 2.35. The molecular weight excluding hydrogens is 298 g/mol. The van der Waals surface area contributed by atoms with E-state index < -0.39 is 0 Å². The monoisotopic (exact) mass is 313 g/mol. The number of carbonyl (C=O) groups is 1. The molecule has 2 amide bonds. The van der Waals surface area contributed by atoms with Crippen molar-refractivity contribution in [3.05, 3.63) is 47.9 Å². The topological polar surface area (TPSA) is 58.4 Å². The van der Waals surface area contributed by atoms with Gasteiger partial charge in [-0.15, -0.1) is 11.3 Å². The minimum atomic E-state index is -0.0808. The summed E-state index contributed by atoms with van der Waals surface area (Å²) >= 11 is 1.57. The lowest BCUT2D eigenvalue weighted by Gasteiger charge is -2.23. The summed E-state index contributed by atoms with van der Waals surface area (Å²) in [6.45, 7) is 0.750. The summed E-state index contributed by atoms with van der Waals surface area (Å²) in [5.41, 5.74) is 3.56. The number of thiazole rings is 1. The van der Waals surface area contributed by atoms with Gasteiger partial charge < -0.3 is 14.6 Å². The summed E-state index contributed by atoms with van der Waals surface area (Å²) in [7, 11) is 0. The van der Waals surface area contributed by atoms with Crippen molar-refractivity contribution in [2.75, 3.05) is 11.9 Å². The molecule has 1 aromatic carbocycles. The Morgan fingerprint density at radius 1 is 1.41 bits per heavy atom. The van der Waals surface area contributed by atoms with Crippen molar-refractivity contribution in [2.45, 2.75) is 18.9 Å². The van der Waals surface area contributed by atoms with Crippen LogP contribution in [0.15, 0.2) is 46.5 Å². The van der Waals surface area contributed by atoms with Crippen LogP contribution < -0.4 is 5.32 Å². The molecule has 1 aliphatic rings. The molecule has 0 aliphatic carbocycles. The van der Waals surface area contributed by atoms with E-state index >= 15 is 0 Å². The van der Waals surface area contributed by atoms with E-state index in [9.17, 15) is 4.79 Å². The summed E-state index contributed by atoms with van der Waals surface area (Å²) in [6, 6.07) is 9.52. The van der Waals surface area contributed by atoms with Crippen molar-refractivity contribution in [1.82, 2.24) is 9.88 Å². The Morgan fingerprint density at radius 2 is 2.36 bits per heavy atom. The minimum absolute atomic E-state index is 0.0298. The van der Waals surface area contributed by atoms with E-state index in [2.05, 4.69) is 10.3 Å². The van der Waals surface area contributed by atoms with E-state index in [-0.39, 0.29) is 12.1 Å². The second-order valence-electron chi connectivity index (χ2n) is 5.33. The molecule has 0 spiro atoms. The zero-order chi connectivity index (χ0) is 14.9. The lowest BCUT2D eigenvalue weighted by Crippen LogP contribution is -2.34. The highest BCUT2D eigenvalue weighted by Crippen LogP contribution is 2.32. The highest BCUT2D eigenvalue weighted by Gasteiger charge is 2.31. The summed E-state index contributed by atoms with van der Waals surface area (Å²) in [5.74, 6) is 0.852. The molecule has 3 heterocycles. The van der Waals surface area contributed by atoms with E-state index in [0.717, 1.165) is 41.1 Å². The Hall–Kier alpha value is -2.34. The number of nitrogens with zero attached hydrogens (tertiary/aromatic N) is 2. The van der Waals surface area contributed by atoms with Crippen LogP contribution in [-0.2, 0) is 0 Å². The molecule has 3 aromatic rings. The first-order chi connectivity index (χ1) is 10.8. The van der Waals surface area contributed by atoms with E-state index in [1.165, 1.54) is 0 Å². The fraction of sp³-hybridized carbons (Fsp3) is 0.250. The van der Waals surface area contributed by atoms with Crippen LogP contribution in [0.25, 0.3) is 10.2 Å². The molecule has 1 aliphatic heterocycles. The zero-order valence-corrected chi connectivity index (χ0v) is 12.7. The first kappa shape index (κ1) is 13.3. The third-order valence-corrected chi connectivity index (χ3v) is 4.76. The molecule has 0 radical (unpaired) electrons. The van der Waals surface area contributed by atoms with Crippen LogP contribution >= 0.6 is 11.3 Å². The average molecular weight is 313 g/mol. The van der Waals surface area contributed by atoms with E-state index in [0.29, 0.717) is 0 Å². The predicted octanol–water partition coefficient (Wildman–Crippen LogP) is 4.26. The second kappa shape index (κ2) is 5.46. The number of likely N-dealkylation sites (tertiary alicyclic amines) is 1. The lowest BCUT2D eigenvalue weighted by atomic mass is 10.2. The van der Waals surface area contributed by atoms with Crippen molar-refractivity contribution in [2.24, 2.45) is 0 Å². The quantitative estimate of drug-likeness (QED) is 0.769. The van der Waals surface area contributed by atoms with Crippen molar-refractivity contribution in [3.8, 4) is 0 Å². The number of aromatic nitrogens is 1. The van der Waals surface area contributed by atoms with Crippen molar-refractivity contribution in [1.29, 1.82) is 0 Å². The van der Waals surface area contributed by atoms with Gasteiger partial charge in [0, 0.05) is 12.2 Å². The molecule has 112 valence electrons. The number of benzene rings is 1. The van der Waals surface area contributed by atoms with Gasteiger partial charge in [0.25, 0.3) is 0 Å². The largest absolute Gasteiger partial charge is 0.467 e. The molecular formula is C16H15N3O2S. The van der Waals surface area contributed by atoms with Gasteiger partial charge in [0.05, 0.1) is 28.0 Å². The van der Waals surface area contributed by atoms with E-state index in [1.54, 1.807) is 17.6 Å². The van der Waals surface area contributed by atoms with Crippen LogP contribution in [0.2, 0.25) is 0 Å². The smallest absolute Gasteiger partial charge is 0.322 e. The maximum absolute atomic E-state index is 12.6. The Bertz CT molecular complexity index is 797. The minimum Gasteiger partial charge on any atom is -0.467 e. The van der Waals surface area contributed by atoms with E-state index in [4.69, 9.17) is 4.42 Å². The van der Waals surface area contributed by atoms with Crippen molar-refractivity contribution < 1.29 is 9.21 Å². The van der Waals surface area contributed by atoms with Gasteiger partial charge in [0.15, 0.2) is 0 Å². The normalized spacial score (nSPS) is 18.0. The van der Waals surface area contributed by atoms with E-state index in [1.807, 2.05) is 40.7 Å². The van der Waals surface area contributed by atoms with Crippen LogP contribution in [0.1, 0.15) is 24.6 Å². The average Bonchev–Trinajstić information content (AvgIpc) is 3.26. The number of urea groups is 1. The molecule has 1 N–H and O–H groups in total. The van der Waals surface area contributed by atoms with Gasteiger partial charge in [-0.2, -0.15) is 0 Å². The Morgan fingerprint density at radius 3 is 3.23 bits per heavy atom. The number of nitrogens with one attached hydrogen (secondary N) is 1. The number of rotatable bonds is 2. The number of amides is 2.